The molecule has 8 heteroatoms. The van der Waals surface area contributed by atoms with Gasteiger partial charge in [0.05, 0.1) is 22.5 Å². The zero-order valence-corrected chi connectivity index (χ0v) is 16.0. The second-order valence-corrected chi connectivity index (χ2v) is 6.55. The van der Waals surface area contributed by atoms with Crippen LogP contribution in [0.1, 0.15) is 5.56 Å². The number of fused-ring (bicyclic) bond motifs is 1. The molecular weight excluding hydrogens is 399 g/mol. The number of halogens is 1. The van der Waals surface area contributed by atoms with Crippen LogP contribution in [0, 0.1) is 17.1 Å². The molecule has 0 saturated carbocycles. The van der Waals surface area contributed by atoms with Gasteiger partial charge in [0.25, 0.3) is 0 Å². The maximum absolute atomic E-state index is 13.2. The van der Waals surface area contributed by atoms with E-state index in [1.165, 1.54) is 47.5 Å². The number of hydrogen-bond donors (Lipinski definition) is 2. The maximum Gasteiger partial charge on any atom is 0.323 e. The molecule has 0 spiro atoms. The fourth-order valence-corrected chi connectivity index (χ4v) is 3.12. The monoisotopic (exact) mass is 414 g/mol. The summed E-state index contributed by atoms with van der Waals surface area (Å²) in [5.74, 6) is 0.330. The number of amides is 2. The van der Waals surface area contributed by atoms with Gasteiger partial charge in [0.15, 0.2) is 0 Å². The molecule has 0 atom stereocenters. The Morgan fingerprint density at radius 3 is 2.32 bits per heavy atom. The largest absolute Gasteiger partial charge is 0.506 e. The predicted octanol–water partition coefficient (Wildman–Crippen LogP) is 4.96. The third-order valence-electron chi connectivity index (χ3n) is 4.57. The zero-order chi connectivity index (χ0) is 22.0. The first kappa shape index (κ1) is 19.7. The van der Waals surface area contributed by atoms with Crippen molar-refractivity contribution in [1.82, 2.24) is 4.98 Å². The number of primary amides is 1. The quantitative estimate of drug-likeness (QED) is 0.490. The summed E-state index contributed by atoms with van der Waals surface area (Å²) in [7, 11) is 0. The minimum absolute atomic E-state index is 0.108. The fraction of sp³-hybridized carbons (Fsp3) is 0. The summed E-state index contributed by atoms with van der Waals surface area (Å²) in [5, 5.41) is 19.6. The Bertz CT molecular complexity index is 1320. The third kappa shape index (κ3) is 3.93. The van der Waals surface area contributed by atoms with Crippen molar-refractivity contribution in [3.63, 3.8) is 0 Å². The van der Waals surface area contributed by atoms with Crippen LogP contribution in [0.4, 0.5) is 20.6 Å². The Hall–Kier alpha value is -4.64. The first-order valence-corrected chi connectivity index (χ1v) is 9.11. The number of anilines is 2. The van der Waals surface area contributed by atoms with Crippen LogP contribution in [0.15, 0.2) is 72.9 Å². The number of phenols is 1. The molecule has 4 aromatic rings. The summed E-state index contributed by atoms with van der Waals surface area (Å²) in [6.45, 7) is 0. The lowest BCUT2D eigenvalue weighted by atomic mass is 10.1. The van der Waals surface area contributed by atoms with Gasteiger partial charge in [-0.05, 0) is 60.7 Å². The Morgan fingerprint density at radius 1 is 1.06 bits per heavy atom. The normalized spacial score (nSPS) is 10.5. The van der Waals surface area contributed by atoms with E-state index in [1.54, 1.807) is 30.3 Å². The first-order chi connectivity index (χ1) is 15.0. The molecule has 0 aliphatic heterocycles. The average Bonchev–Trinajstić information content (AvgIpc) is 2.76. The molecule has 0 bridgehead atoms. The molecule has 0 aliphatic carbocycles. The highest BCUT2D eigenvalue weighted by Crippen LogP contribution is 2.34. The summed E-state index contributed by atoms with van der Waals surface area (Å²) in [6.07, 6.45) is 1.53. The lowest BCUT2D eigenvalue weighted by Gasteiger charge is -2.21. The summed E-state index contributed by atoms with van der Waals surface area (Å²) >= 11 is 0. The number of urea groups is 1. The fourth-order valence-electron chi connectivity index (χ4n) is 3.12. The van der Waals surface area contributed by atoms with E-state index in [0.717, 1.165) is 0 Å². The summed E-state index contributed by atoms with van der Waals surface area (Å²) in [6, 6.07) is 17.7. The predicted molar refractivity (Wildman–Crippen MR) is 113 cm³/mol. The smallest absolute Gasteiger partial charge is 0.323 e. The molecule has 4 rings (SSSR count). The first-order valence-electron chi connectivity index (χ1n) is 9.11. The van der Waals surface area contributed by atoms with E-state index in [2.05, 4.69) is 4.98 Å². The van der Waals surface area contributed by atoms with Crippen LogP contribution in [0.2, 0.25) is 0 Å². The molecule has 31 heavy (non-hydrogen) atoms. The van der Waals surface area contributed by atoms with Gasteiger partial charge in [-0.3, -0.25) is 9.88 Å². The summed E-state index contributed by atoms with van der Waals surface area (Å²) in [4.78, 5) is 17.4. The van der Waals surface area contributed by atoms with Crippen molar-refractivity contribution in [2.75, 3.05) is 4.90 Å². The molecular formula is C23H15FN4O3. The standard InChI is InChI=1S/C23H15FN4O3/c24-15-1-3-16(4-2-15)28(23(26)30)17-5-7-18(8-6-17)31-22-9-10-27-20-12-21(29)14(13-25)11-19(20)22/h1-12,29H,(H2,26,30). The molecule has 1 aromatic heterocycles. The molecule has 1 heterocycles. The van der Waals surface area contributed by atoms with E-state index in [-0.39, 0.29) is 11.3 Å². The number of aromatic hydroxyl groups is 1. The van der Waals surface area contributed by atoms with Crippen molar-refractivity contribution in [1.29, 1.82) is 5.26 Å². The molecule has 3 aromatic carbocycles. The number of carbonyl (C=O) groups is 1. The number of ether oxygens (including phenoxy) is 1. The second kappa shape index (κ2) is 8.00. The highest BCUT2D eigenvalue weighted by Gasteiger charge is 2.16. The minimum Gasteiger partial charge on any atom is -0.506 e. The van der Waals surface area contributed by atoms with Crippen LogP contribution < -0.4 is 15.4 Å². The Kier molecular flexibility index (Phi) is 5.08. The Balaban J connectivity index is 1.65. The van der Waals surface area contributed by atoms with E-state index in [4.69, 9.17) is 15.7 Å². The number of rotatable bonds is 4. The maximum atomic E-state index is 13.2. The van der Waals surface area contributed by atoms with Crippen LogP contribution in [0.5, 0.6) is 17.2 Å². The number of benzene rings is 3. The molecule has 0 fully saturated rings. The summed E-state index contributed by atoms with van der Waals surface area (Å²) in [5.41, 5.74) is 6.99. The van der Waals surface area contributed by atoms with Crippen molar-refractivity contribution in [3.05, 3.63) is 84.3 Å². The molecule has 0 unspecified atom stereocenters. The van der Waals surface area contributed by atoms with Gasteiger partial charge in [-0.15, -0.1) is 0 Å². The van der Waals surface area contributed by atoms with E-state index in [1.807, 2.05) is 6.07 Å². The van der Waals surface area contributed by atoms with Gasteiger partial charge in [0.1, 0.15) is 29.1 Å². The number of nitrogens with zero attached hydrogens (tertiary/aromatic N) is 3. The molecule has 0 radical (unpaired) electrons. The van der Waals surface area contributed by atoms with Crippen LogP contribution in [-0.4, -0.2) is 16.1 Å². The van der Waals surface area contributed by atoms with Gasteiger partial charge >= 0.3 is 6.03 Å². The van der Waals surface area contributed by atoms with Crippen molar-refractivity contribution in [2.45, 2.75) is 0 Å². The van der Waals surface area contributed by atoms with Crippen molar-refractivity contribution >= 4 is 28.3 Å². The molecule has 0 saturated heterocycles. The van der Waals surface area contributed by atoms with E-state index in [0.29, 0.717) is 33.8 Å². The number of carbonyl (C=O) groups excluding carboxylic acids is 1. The van der Waals surface area contributed by atoms with Crippen LogP contribution >= 0.6 is 0 Å². The van der Waals surface area contributed by atoms with Gasteiger partial charge in [0, 0.05) is 17.6 Å². The lowest BCUT2D eigenvalue weighted by molar-refractivity contribution is 0.256. The van der Waals surface area contributed by atoms with Gasteiger partial charge in [-0.25, -0.2) is 9.18 Å². The molecule has 152 valence electrons. The SMILES string of the molecule is N#Cc1cc2c(Oc3ccc(N(C(N)=O)c4ccc(F)cc4)cc3)ccnc2cc1O. The average molecular weight is 414 g/mol. The summed E-state index contributed by atoms with van der Waals surface area (Å²) < 4.78 is 19.1. The van der Waals surface area contributed by atoms with Crippen molar-refractivity contribution in [2.24, 2.45) is 5.73 Å². The zero-order valence-electron chi connectivity index (χ0n) is 16.0. The van der Waals surface area contributed by atoms with Gasteiger partial charge in [-0.2, -0.15) is 5.26 Å². The van der Waals surface area contributed by atoms with E-state index in [9.17, 15) is 14.3 Å². The molecule has 0 aliphatic rings. The van der Waals surface area contributed by atoms with Crippen molar-refractivity contribution < 1.29 is 19.0 Å². The van der Waals surface area contributed by atoms with Crippen LogP contribution in [-0.2, 0) is 0 Å². The molecule has 7 nitrogen and oxygen atoms in total. The van der Waals surface area contributed by atoms with Gasteiger partial charge in [0.2, 0.25) is 0 Å². The van der Waals surface area contributed by atoms with Gasteiger partial charge < -0.3 is 15.6 Å². The topological polar surface area (TPSA) is 112 Å². The second-order valence-electron chi connectivity index (χ2n) is 6.55. The number of pyridine rings is 1. The van der Waals surface area contributed by atoms with E-state index < -0.39 is 11.8 Å². The molecule has 2 amide bonds. The number of nitrogens with two attached hydrogens (primary N) is 1. The number of nitriles is 1. The van der Waals surface area contributed by atoms with Crippen LogP contribution in [0.3, 0.4) is 0 Å². The third-order valence-corrected chi connectivity index (χ3v) is 4.57. The minimum atomic E-state index is -0.718. The lowest BCUT2D eigenvalue weighted by Crippen LogP contribution is -2.31. The van der Waals surface area contributed by atoms with E-state index >= 15 is 0 Å². The number of phenolic OH excluding ortho intramolecular Hbond substituents is 1. The molecule has 3 N–H and O–H groups in total. The van der Waals surface area contributed by atoms with Crippen molar-refractivity contribution in [3.8, 4) is 23.3 Å². The Morgan fingerprint density at radius 2 is 1.71 bits per heavy atom. The number of aromatic nitrogens is 1. The Labute approximate surface area is 176 Å². The highest BCUT2D eigenvalue weighted by molar-refractivity contribution is 5.98. The van der Waals surface area contributed by atoms with Gasteiger partial charge in [-0.1, -0.05) is 0 Å². The highest BCUT2D eigenvalue weighted by atomic mass is 19.1. The van der Waals surface area contributed by atoms with Crippen LogP contribution in [0.25, 0.3) is 10.9 Å². The number of hydrogen-bond acceptors (Lipinski definition) is 5.